The van der Waals surface area contributed by atoms with Gasteiger partial charge in [-0.15, -0.1) is 0 Å². The molecule has 0 bridgehead atoms. The number of aliphatic hydroxyl groups is 1. The Balaban J connectivity index is 3.05. The number of nitrogens with zero attached hydrogens (tertiary/aromatic N) is 2. The van der Waals surface area contributed by atoms with Crippen molar-refractivity contribution in [2.24, 2.45) is 0 Å². The van der Waals surface area contributed by atoms with Crippen LogP contribution in [0.2, 0.25) is 0 Å². The van der Waals surface area contributed by atoms with Gasteiger partial charge in [-0.2, -0.15) is 0 Å². The molecule has 0 aromatic heterocycles. The molecule has 0 saturated heterocycles. The largest absolute Gasteiger partial charge is 0.393 e. The number of nitro benzene ring substituents is 1. The van der Waals surface area contributed by atoms with Gasteiger partial charge in [0.25, 0.3) is 5.69 Å². The van der Waals surface area contributed by atoms with Gasteiger partial charge in [0.05, 0.1) is 21.6 Å². The number of halogens is 2. The van der Waals surface area contributed by atoms with Gasteiger partial charge >= 0.3 is 0 Å². The highest BCUT2D eigenvalue weighted by Crippen LogP contribution is 2.32. The van der Waals surface area contributed by atoms with E-state index in [0.717, 1.165) is 6.07 Å². The second-order valence-corrected chi connectivity index (χ2v) is 4.93. The minimum absolute atomic E-state index is 0.173. The lowest BCUT2D eigenvalue weighted by Gasteiger charge is -2.20. The summed E-state index contributed by atoms with van der Waals surface area (Å²) in [5.74, 6) is -0.672. The number of hydrogen-bond acceptors (Lipinski definition) is 4. The maximum absolute atomic E-state index is 13.3. The lowest BCUT2D eigenvalue weighted by Crippen LogP contribution is -2.22. The minimum Gasteiger partial charge on any atom is -0.393 e. The molecule has 1 unspecified atom stereocenters. The fourth-order valence-electron chi connectivity index (χ4n) is 1.48. The van der Waals surface area contributed by atoms with Crippen molar-refractivity contribution in [2.75, 3.05) is 18.5 Å². The third kappa shape index (κ3) is 3.64. The first kappa shape index (κ1) is 14.8. The standard InChI is InChI=1S/C11H14BrFN2O3/c1-7(16)3-4-14(2)10-5-8(12)9(13)6-11(10)15(17)18/h5-7,16H,3-4H2,1-2H3. The average molecular weight is 321 g/mol. The second kappa shape index (κ2) is 6.10. The van der Waals surface area contributed by atoms with Crippen molar-refractivity contribution < 1.29 is 14.4 Å². The molecular weight excluding hydrogens is 307 g/mol. The van der Waals surface area contributed by atoms with Gasteiger partial charge in [0, 0.05) is 13.6 Å². The van der Waals surface area contributed by atoms with Crippen LogP contribution in [0.25, 0.3) is 0 Å². The summed E-state index contributed by atoms with van der Waals surface area (Å²) in [6.45, 7) is 2.08. The molecule has 0 aliphatic heterocycles. The van der Waals surface area contributed by atoms with Crippen molar-refractivity contribution in [1.29, 1.82) is 0 Å². The highest BCUT2D eigenvalue weighted by molar-refractivity contribution is 9.10. The molecule has 0 aliphatic carbocycles. The Morgan fingerprint density at radius 3 is 2.72 bits per heavy atom. The molecule has 18 heavy (non-hydrogen) atoms. The third-order valence-electron chi connectivity index (χ3n) is 2.51. The molecule has 100 valence electrons. The van der Waals surface area contributed by atoms with Crippen molar-refractivity contribution in [2.45, 2.75) is 19.4 Å². The molecule has 0 aliphatic rings. The third-order valence-corrected chi connectivity index (χ3v) is 3.12. The molecule has 1 N–H and O–H groups in total. The van der Waals surface area contributed by atoms with Crippen LogP contribution in [-0.4, -0.2) is 29.7 Å². The van der Waals surface area contributed by atoms with Crippen LogP contribution in [0.1, 0.15) is 13.3 Å². The van der Waals surface area contributed by atoms with Gasteiger partial charge in [-0.1, -0.05) is 0 Å². The summed E-state index contributed by atoms with van der Waals surface area (Å²) in [7, 11) is 1.66. The predicted molar refractivity (Wildman–Crippen MR) is 70.3 cm³/mol. The molecular formula is C11H14BrFN2O3. The van der Waals surface area contributed by atoms with Crippen LogP contribution in [0.3, 0.4) is 0 Å². The molecule has 1 atom stereocenters. The van der Waals surface area contributed by atoms with Gasteiger partial charge in [-0.05, 0) is 35.3 Å². The normalized spacial score (nSPS) is 12.3. The van der Waals surface area contributed by atoms with Crippen molar-refractivity contribution in [1.82, 2.24) is 0 Å². The maximum atomic E-state index is 13.3. The molecule has 0 fully saturated rings. The summed E-state index contributed by atoms with van der Waals surface area (Å²) >= 11 is 3.00. The van der Waals surface area contributed by atoms with Gasteiger partial charge in [-0.3, -0.25) is 10.1 Å². The van der Waals surface area contributed by atoms with E-state index in [1.165, 1.54) is 6.07 Å². The molecule has 0 heterocycles. The van der Waals surface area contributed by atoms with Gasteiger partial charge in [-0.25, -0.2) is 4.39 Å². The Kier molecular flexibility index (Phi) is 5.03. The number of rotatable bonds is 5. The number of hydrogen-bond donors (Lipinski definition) is 1. The average Bonchev–Trinajstić information content (AvgIpc) is 2.28. The summed E-state index contributed by atoms with van der Waals surface area (Å²) in [5.41, 5.74) is 0.0257. The number of aliphatic hydroxyl groups excluding tert-OH is 1. The molecule has 5 nitrogen and oxygen atoms in total. The number of nitro groups is 1. The van der Waals surface area contributed by atoms with E-state index < -0.39 is 16.8 Å². The first-order valence-electron chi connectivity index (χ1n) is 5.35. The Morgan fingerprint density at radius 2 is 2.22 bits per heavy atom. The van der Waals surface area contributed by atoms with Crippen molar-refractivity contribution in [3.05, 3.63) is 32.5 Å². The van der Waals surface area contributed by atoms with E-state index in [1.54, 1.807) is 18.9 Å². The van der Waals surface area contributed by atoms with Crippen LogP contribution >= 0.6 is 15.9 Å². The highest BCUT2D eigenvalue weighted by atomic mass is 79.9. The second-order valence-electron chi connectivity index (χ2n) is 4.07. The Morgan fingerprint density at radius 1 is 1.61 bits per heavy atom. The van der Waals surface area contributed by atoms with E-state index in [0.29, 0.717) is 18.7 Å². The summed E-state index contributed by atoms with van der Waals surface area (Å²) in [5, 5.41) is 20.1. The smallest absolute Gasteiger partial charge is 0.295 e. The molecule has 0 saturated carbocycles. The SMILES string of the molecule is CC(O)CCN(C)c1cc(Br)c(F)cc1[N+](=O)[O-]. The lowest BCUT2D eigenvalue weighted by molar-refractivity contribution is -0.384. The molecule has 0 amide bonds. The van der Waals surface area contributed by atoms with E-state index in [1.807, 2.05) is 0 Å². The Bertz CT molecular complexity index is 454. The summed E-state index contributed by atoms with van der Waals surface area (Å²) in [6, 6.07) is 2.26. The molecule has 1 aromatic rings. The summed E-state index contributed by atoms with van der Waals surface area (Å²) in [4.78, 5) is 11.9. The molecule has 0 spiro atoms. The van der Waals surface area contributed by atoms with Gasteiger partial charge < -0.3 is 10.0 Å². The van der Waals surface area contributed by atoms with Gasteiger partial charge in [0.1, 0.15) is 11.5 Å². The Labute approximate surface area is 112 Å². The monoisotopic (exact) mass is 320 g/mol. The number of anilines is 1. The Hall–Kier alpha value is -1.21. The molecule has 0 radical (unpaired) electrons. The van der Waals surface area contributed by atoms with Crippen LogP contribution in [0.4, 0.5) is 15.8 Å². The van der Waals surface area contributed by atoms with Crippen LogP contribution in [-0.2, 0) is 0 Å². The van der Waals surface area contributed by atoms with E-state index in [-0.39, 0.29) is 10.2 Å². The first-order chi connectivity index (χ1) is 8.32. The summed E-state index contributed by atoms with van der Waals surface area (Å²) < 4.78 is 13.5. The van der Waals surface area contributed by atoms with Gasteiger partial charge in [0.2, 0.25) is 0 Å². The first-order valence-corrected chi connectivity index (χ1v) is 6.15. The van der Waals surface area contributed by atoms with Crippen LogP contribution in [0.5, 0.6) is 0 Å². The topological polar surface area (TPSA) is 66.6 Å². The van der Waals surface area contributed by atoms with Crippen LogP contribution < -0.4 is 4.90 Å². The van der Waals surface area contributed by atoms with E-state index >= 15 is 0 Å². The fraction of sp³-hybridized carbons (Fsp3) is 0.455. The lowest BCUT2D eigenvalue weighted by atomic mass is 10.2. The molecule has 1 rings (SSSR count). The minimum atomic E-state index is -0.672. The summed E-state index contributed by atoms with van der Waals surface area (Å²) in [6.07, 6.45) is -0.0155. The fourth-order valence-corrected chi connectivity index (χ4v) is 1.81. The van der Waals surface area contributed by atoms with Crippen molar-refractivity contribution in [3.8, 4) is 0 Å². The van der Waals surface area contributed by atoms with Crippen LogP contribution in [0.15, 0.2) is 16.6 Å². The molecule has 1 aromatic carbocycles. The molecule has 7 heteroatoms. The van der Waals surface area contributed by atoms with E-state index in [4.69, 9.17) is 0 Å². The quantitative estimate of drug-likeness (QED) is 0.669. The van der Waals surface area contributed by atoms with Crippen molar-refractivity contribution in [3.63, 3.8) is 0 Å². The van der Waals surface area contributed by atoms with E-state index in [9.17, 15) is 19.6 Å². The highest BCUT2D eigenvalue weighted by Gasteiger charge is 2.20. The van der Waals surface area contributed by atoms with Gasteiger partial charge in [0.15, 0.2) is 0 Å². The maximum Gasteiger partial charge on any atom is 0.295 e. The van der Waals surface area contributed by atoms with Crippen molar-refractivity contribution >= 4 is 27.3 Å². The predicted octanol–water partition coefficient (Wildman–Crippen LogP) is 2.70. The zero-order chi connectivity index (χ0) is 13.9. The van der Waals surface area contributed by atoms with Crippen LogP contribution in [0, 0.1) is 15.9 Å². The zero-order valence-electron chi connectivity index (χ0n) is 10.1. The zero-order valence-corrected chi connectivity index (χ0v) is 11.6. The number of benzene rings is 1. The van der Waals surface area contributed by atoms with E-state index in [2.05, 4.69) is 15.9 Å².